The van der Waals surface area contributed by atoms with Crippen LogP contribution in [0.15, 0.2) is 29.3 Å². The predicted octanol–water partition coefficient (Wildman–Crippen LogP) is 2.65. The van der Waals surface area contributed by atoms with E-state index in [0.717, 1.165) is 37.0 Å². The summed E-state index contributed by atoms with van der Waals surface area (Å²) in [6, 6.07) is 8.70. The maximum Gasteiger partial charge on any atom is 0.191 e. The average molecular weight is 528 g/mol. The molecule has 30 heavy (non-hydrogen) atoms. The van der Waals surface area contributed by atoms with Crippen molar-refractivity contribution in [1.29, 1.82) is 0 Å². The Kier molecular flexibility index (Phi) is 9.99. The van der Waals surface area contributed by atoms with Gasteiger partial charge in [-0.1, -0.05) is 24.3 Å². The summed E-state index contributed by atoms with van der Waals surface area (Å²) in [5, 5.41) is 11.4. The SMILES string of the molecule is CN=C(NCc1cccc(COC(C)C)c1)NC1CCc2nc(COC)nn2C1.I. The number of nitrogens with zero attached hydrogens (tertiary/aromatic N) is 4. The third-order valence-corrected chi connectivity index (χ3v) is 4.77. The van der Waals surface area contributed by atoms with Crippen molar-refractivity contribution in [2.45, 2.75) is 65.1 Å². The summed E-state index contributed by atoms with van der Waals surface area (Å²) in [4.78, 5) is 8.90. The molecule has 2 aromatic rings. The number of nitrogens with one attached hydrogen (secondary N) is 2. The van der Waals surface area contributed by atoms with E-state index in [4.69, 9.17) is 9.47 Å². The fraction of sp³-hybridized carbons (Fsp3) is 0.571. The molecule has 0 aliphatic carbocycles. The lowest BCUT2D eigenvalue weighted by molar-refractivity contribution is 0.0657. The first-order valence-corrected chi connectivity index (χ1v) is 10.2. The van der Waals surface area contributed by atoms with Gasteiger partial charge in [-0.2, -0.15) is 5.10 Å². The molecule has 8 nitrogen and oxygen atoms in total. The molecule has 0 radical (unpaired) electrons. The zero-order chi connectivity index (χ0) is 20.6. The predicted molar refractivity (Wildman–Crippen MR) is 128 cm³/mol. The van der Waals surface area contributed by atoms with E-state index in [2.05, 4.69) is 50.0 Å². The van der Waals surface area contributed by atoms with Crippen LogP contribution in [0, 0.1) is 0 Å². The molecule has 1 atom stereocenters. The molecular formula is C21H33IN6O2. The standard InChI is InChI=1S/C21H32N6O2.HI/c1-15(2)29-13-17-7-5-6-16(10-17)11-23-21(22-3)24-18-8-9-20-25-19(14-28-4)26-27(20)12-18;/h5-7,10,15,18H,8-9,11-14H2,1-4H3,(H2,22,23,24);1H. The van der Waals surface area contributed by atoms with Crippen molar-refractivity contribution in [3.8, 4) is 0 Å². The van der Waals surface area contributed by atoms with Crippen LogP contribution in [-0.4, -0.2) is 47.0 Å². The van der Waals surface area contributed by atoms with Gasteiger partial charge in [0.05, 0.1) is 19.3 Å². The molecule has 0 saturated heterocycles. The summed E-state index contributed by atoms with van der Waals surface area (Å²) in [5.41, 5.74) is 2.38. The zero-order valence-electron chi connectivity index (χ0n) is 18.2. The Bertz CT molecular complexity index is 824. The number of hydrogen-bond donors (Lipinski definition) is 2. The molecule has 0 saturated carbocycles. The van der Waals surface area contributed by atoms with E-state index >= 15 is 0 Å². The Balaban J connectivity index is 0.00000320. The first-order valence-electron chi connectivity index (χ1n) is 10.2. The Morgan fingerprint density at radius 2 is 2.10 bits per heavy atom. The number of benzene rings is 1. The van der Waals surface area contributed by atoms with Crippen molar-refractivity contribution in [1.82, 2.24) is 25.4 Å². The van der Waals surface area contributed by atoms with Crippen LogP contribution in [0.4, 0.5) is 0 Å². The molecule has 2 N–H and O–H groups in total. The van der Waals surface area contributed by atoms with Crippen LogP contribution >= 0.6 is 24.0 Å². The van der Waals surface area contributed by atoms with Gasteiger partial charge in [-0.25, -0.2) is 9.67 Å². The number of aromatic nitrogens is 3. The van der Waals surface area contributed by atoms with E-state index in [1.54, 1.807) is 14.2 Å². The number of methoxy groups -OCH3 is 1. The highest BCUT2D eigenvalue weighted by atomic mass is 127. The minimum Gasteiger partial charge on any atom is -0.377 e. The van der Waals surface area contributed by atoms with Gasteiger partial charge in [-0.3, -0.25) is 4.99 Å². The molecule has 1 aromatic carbocycles. The first kappa shape index (κ1) is 24.5. The number of ether oxygens (including phenoxy) is 2. The maximum absolute atomic E-state index is 5.70. The van der Waals surface area contributed by atoms with Crippen LogP contribution in [0.3, 0.4) is 0 Å². The number of hydrogen-bond acceptors (Lipinski definition) is 5. The second-order valence-corrected chi connectivity index (χ2v) is 7.54. The molecule has 166 valence electrons. The molecule has 0 bridgehead atoms. The van der Waals surface area contributed by atoms with E-state index in [9.17, 15) is 0 Å². The van der Waals surface area contributed by atoms with E-state index in [-0.39, 0.29) is 36.1 Å². The topological polar surface area (TPSA) is 85.6 Å². The van der Waals surface area contributed by atoms with Crippen LogP contribution in [-0.2, 0) is 42.2 Å². The van der Waals surface area contributed by atoms with Crippen molar-refractivity contribution in [3.63, 3.8) is 0 Å². The fourth-order valence-electron chi connectivity index (χ4n) is 3.33. The van der Waals surface area contributed by atoms with Crippen LogP contribution in [0.2, 0.25) is 0 Å². The molecule has 1 aliphatic heterocycles. The zero-order valence-corrected chi connectivity index (χ0v) is 20.6. The normalized spacial score (nSPS) is 16.2. The summed E-state index contributed by atoms with van der Waals surface area (Å²) in [6.45, 7) is 6.65. The number of halogens is 1. The van der Waals surface area contributed by atoms with E-state index < -0.39 is 0 Å². The molecular weight excluding hydrogens is 495 g/mol. The van der Waals surface area contributed by atoms with Gasteiger partial charge in [0, 0.05) is 33.2 Å². The highest BCUT2D eigenvalue weighted by Crippen LogP contribution is 2.13. The van der Waals surface area contributed by atoms with Crippen molar-refractivity contribution < 1.29 is 9.47 Å². The van der Waals surface area contributed by atoms with Gasteiger partial charge in [0.2, 0.25) is 0 Å². The summed E-state index contributed by atoms with van der Waals surface area (Å²) in [6.07, 6.45) is 2.11. The first-order chi connectivity index (χ1) is 14.1. The van der Waals surface area contributed by atoms with Crippen LogP contribution in [0.5, 0.6) is 0 Å². The number of aryl methyl sites for hydroxylation is 1. The van der Waals surface area contributed by atoms with Gasteiger partial charge in [0.1, 0.15) is 12.4 Å². The van der Waals surface area contributed by atoms with Gasteiger partial charge in [-0.05, 0) is 31.4 Å². The maximum atomic E-state index is 5.70. The fourth-order valence-corrected chi connectivity index (χ4v) is 3.33. The van der Waals surface area contributed by atoms with Gasteiger partial charge in [0.25, 0.3) is 0 Å². The van der Waals surface area contributed by atoms with Gasteiger partial charge in [-0.15, -0.1) is 24.0 Å². The molecule has 1 unspecified atom stereocenters. The Morgan fingerprint density at radius 1 is 1.30 bits per heavy atom. The van der Waals surface area contributed by atoms with Crippen molar-refractivity contribution in [3.05, 3.63) is 47.0 Å². The van der Waals surface area contributed by atoms with Crippen molar-refractivity contribution in [2.75, 3.05) is 14.2 Å². The van der Waals surface area contributed by atoms with E-state index in [1.807, 2.05) is 18.5 Å². The lowest BCUT2D eigenvalue weighted by atomic mass is 10.1. The van der Waals surface area contributed by atoms with Crippen LogP contribution in [0.1, 0.15) is 43.0 Å². The molecule has 9 heteroatoms. The smallest absolute Gasteiger partial charge is 0.191 e. The van der Waals surface area contributed by atoms with Crippen molar-refractivity contribution >= 4 is 29.9 Å². The third kappa shape index (κ3) is 7.21. The number of guanidine groups is 1. The molecule has 3 rings (SSSR count). The summed E-state index contributed by atoms with van der Waals surface area (Å²) in [5.74, 6) is 2.56. The van der Waals surface area contributed by atoms with Gasteiger partial charge >= 0.3 is 0 Å². The number of fused-ring (bicyclic) bond motifs is 1. The summed E-state index contributed by atoms with van der Waals surface area (Å²) in [7, 11) is 3.45. The monoisotopic (exact) mass is 528 g/mol. The van der Waals surface area contributed by atoms with Crippen molar-refractivity contribution in [2.24, 2.45) is 4.99 Å². The largest absolute Gasteiger partial charge is 0.377 e. The number of aliphatic imine (C=N–C) groups is 1. The molecule has 2 heterocycles. The molecule has 0 spiro atoms. The molecule has 0 fully saturated rings. The van der Waals surface area contributed by atoms with E-state index in [1.165, 1.54) is 11.1 Å². The highest BCUT2D eigenvalue weighted by Gasteiger charge is 2.22. The summed E-state index contributed by atoms with van der Waals surface area (Å²) >= 11 is 0. The molecule has 0 amide bonds. The highest BCUT2D eigenvalue weighted by molar-refractivity contribution is 14.0. The number of rotatable bonds is 8. The molecule has 1 aromatic heterocycles. The Morgan fingerprint density at radius 3 is 2.83 bits per heavy atom. The molecule has 1 aliphatic rings. The van der Waals surface area contributed by atoms with E-state index in [0.29, 0.717) is 19.8 Å². The minimum atomic E-state index is 0. The second-order valence-electron chi connectivity index (χ2n) is 7.54. The lowest BCUT2D eigenvalue weighted by Gasteiger charge is -2.25. The Hall–Kier alpha value is -1.72. The van der Waals surface area contributed by atoms with Crippen LogP contribution in [0.25, 0.3) is 0 Å². The van der Waals surface area contributed by atoms with Gasteiger partial charge < -0.3 is 20.1 Å². The Labute approximate surface area is 195 Å². The second kappa shape index (κ2) is 12.2. The average Bonchev–Trinajstić information content (AvgIpc) is 3.11. The quantitative estimate of drug-likeness (QED) is 0.312. The third-order valence-electron chi connectivity index (χ3n) is 4.77. The van der Waals surface area contributed by atoms with Gasteiger partial charge in [0.15, 0.2) is 11.8 Å². The van der Waals surface area contributed by atoms with Crippen LogP contribution < -0.4 is 10.6 Å². The summed E-state index contributed by atoms with van der Waals surface area (Å²) < 4.78 is 12.8. The minimum absolute atomic E-state index is 0. The lowest BCUT2D eigenvalue weighted by Crippen LogP contribution is -2.46.